The molecular weight excluding hydrogens is 244 g/mol. The van der Waals surface area contributed by atoms with E-state index in [9.17, 15) is 18.4 Å². The quantitative estimate of drug-likeness (QED) is 0.683. The molecule has 18 heavy (non-hydrogen) atoms. The second-order valence-electron chi connectivity index (χ2n) is 5.89. The molecular formula is C12H19F2NO3. The van der Waals surface area contributed by atoms with Crippen molar-refractivity contribution in [2.24, 2.45) is 5.41 Å². The number of carbonyl (C=O) groups excluding carboxylic acids is 2. The Kier molecular flexibility index (Phi) is 3.70. The molecule has 1 rings (SSSR count). The monoisotopic (exact) mass is 263 g/mol. The van der Waals surface area contributed by atoms with E-state index in [0.717, 1.165) is 4.90 Å². The fourth-order valence-corrected chi connectivity index (χ4v) is 1.68. The zero-order valence-electron chi connectivity index (χ0n) is 11.1. The molecule has 0 aromatic heterocycles. The summed E-state index contributed by atoms with van der Waals surface area (Å²) in [5.41, 5.74) is -2.43. The van der Waals surface area contributed by atoms with Crippen molar-refractivity contribution in [2.45, 2.75) is 45.6 Å². The van der Waals surface area contributed by atoms with E-state index in [2.05, 4.69) is 0 Å². The number of piperidine rings is 1. The van der Waals surface area contributed by atoms with E-state index < -0.39 is 29.6 Å². The number of nitrogens with zero attached hydrogens (tertiary/aromatic N) is 1. The van der Waals surface area contributed by atoms with E-state index in [0.29, 0.717) is 0 Å². The van der Waals surface area contributed by atoms with Crippen LogP contribution in [0.3, 0.4) is 0 Å². The van der Waals surface area contributed by atoms with Crippen molar-refractivity contribution in [1.29, 1.82) is 0 Å². The molecule has 1 aliphatic rings. The van der Waals surface area contributed by atoms with Gasteiger partial charge in [-0.25, -0.2) is 13.6 Å². The lowest BCUT2D eigenvalue weighted by Crippen LogP contribution is -2.57. The number of rotatable bonds is 1. The van der Waals surface area contributed by atoms with E-state index in [1.165, 1.54) is 6.92 Å². The summed E-state index contributed by atoms with van der Waals surface area (Å²) in [6.07, 6.45) is -0.558. The highest BCUT2D eigenvalue weighted by molar-refractivity contribution is 5.69. The smallest absolute Gasteiger partial charge is 0.410 e. The van der Waals surface area contributed by atoms with Crippen LogP contribution in [0.25, 0.3) is 0 Å². The molecule has 0 spiro atoms. The highest BCUT2D eigenvalue weighted by Crippen LogP contribution is 2.42. The Morgan fingerprint density at radius 2 is 1.94 bits per heavy atom. The van der Waals surface area contributed by atoms with Crippen LogP contribution in [-0.2, 0) is 9.53 Å². The normalized spacial score (nSPS) is 27.8. The van der Waals surface area contributed by atoms with Gasteiger partial charge in [-0.15, -0.1) is 0 Å². The van der Waals surface area contributed by atoms with Crippen LogP contribution in [0.15, 0.2) is 0 Å². The number of likely N-dealkylation sites (tertiary alicyclic amines) is 1. The molecule has 0 bridgehead atoms. The fraction of sp³-hybridized carbons (Fsp3) is 0.833. The number of hydrogen-bond donors (Lipinski definition) is 0. The Hall–Kier alpha value is -1.20. The maximum Gasteiger partial charge on any atom is 0.410 e. The third-order valence-corrected chi connectivity index (χ3v) is 3.04. The lowest BCUT2D eigenvalue weighted by Gasteiger charge is -2.42. The van der Waals surface area contributed by atoms with Crippen LogP contribution in [0.5, 0.6) is 0 Å². The molecule has 1 amide bonds. The predicted molar refractivity (Wildman–Crippen MR) is 61.5 cm³/mol. The average molecular weight is 263 g/mol. The fourth-order valence-electron chi connectivity index (χ4n) is 1.68. The molecule has 0 aromatic carbocycles. The minimum atomic E-state index is -3.23. The van der Waals surface area contributed by atoms with Gasteiger partial charge in [-0.05, 0) is 34.1 Å². The predicted octanol–water partition coefficient (Wildman–Crippen LogP) is 2.47. The summed E-state index contributed by atoms with van der Waals surface area (Å²) in [4.78, 5) is 23.4. The molecule has 1 fully saturated rings. The molecule has 0 aliphatic carbocycles. The van der Waals surface area contributed by atoms with Gasteiger partial charge in [-0.2, -0.15) is 0 Å². The van der Waals surface area contributed by atoms with Gasteiger partial charge in [-0.1, -0.05) is 0 Å². The number of ether oxygens (including phenoxy) is 1. The number of hydrogen-bond acceptors (Lipinski definition) is 3. The minimum Gasteiger partial charge on any atom is -0.444 e. The first kappa shape index (κ1) is 14.9. The lowest BCUT2D eigenvalue weighted by atomic mass is 9.78. The van der Waals surface area contributed by atoms with Crippen molar-refractivity contribution in [3.63, 3.8) is 0 Å². The SMILES string of the molecule is CC(C)(C)OC(=O)N1CC[C@](C)(C=O)C(F)(F)C1. The molecule has 1 aliphatic heterocycles. The third kappa shape index (κ3) is 2.97. The first-order chi connectivity index (χ1) is 8.01. The number of aldehydes is 1. The van der Waals surface area contributed by atoms with Gasteiger partial charge >= 0.3 is 6.09 Å². The van der Waals surface area contributed by atoms with Gasteiger partial charge in [0, 0.05) is 6.54 Å². The van der Waals surface area contributed by atoms with Gasteiger partial charge in [0.2, 0.25) is 0 Å². The molecule has 0 aromatic rings. The number of halogens is 2. The van der Waals surface area contributed by atoms with Crippen LogP contribution >= 0.6 is 0 Å². The molecule has 0 unspecified atom stereocenters. The molecule has 4 nitrogen and oxygen atoms in total. The number of alkyl halides is 2. The summed E-state index contributed by atoms with van der Waals surface area (Å²) in [6.45, 7) is 5.54. The average Bonchev–Trinajstić information content (AvgIpc) is 2.19. The van der Waals surface area contributed by atoms with Crippen LogP contribution in [-0.4, -0.2) is 41.9 Å². The Morgan fingerprint density at radius 1 is 1.39 bits per heavy atom. The van der Waals surface area contributed by atoms with Crippen molar-refractivity contribution in [3.05, 3.63) is 0 Å². The standard InChI is InChI=1S/C12H19F2NO3/c1-10(2,3)18-9(17)15-6-5-11(4,8-16)12(13,14)7-15/h8H,5-7H2,1-4H3/t11-/m1/s1. The molecule has 0 saturated carbocycles. The topological polar surface area (TPSA) is 46.6 Å². The number of carbonyl (C=O) groups is 2. The van der Waals surface area contributed by atoms with Crippen LogP contribution < -0.4 is 0 Å². The summed E-state index contributed by atoms with van der Waals surface area (Å²) in [5, 5.41) is 0. The first-order valence-electron chi connectivity index (χ1n) is 5.83. The van der Waals surface area contributed by atoms with E-state index in [1.54, 1.807) is 20.8 Å². The molecule has 1 saturated heterocycles. The molecule has 0 radical (unpaired) electrons. The van der Waals surface area contributed by atoms with Gasteiger partial charge in [-0.3, -0.25) is 0 Å². The van der Waals surface area contributed by atoms with Crippen LogP contribution in [0.1, 0.15) is 34.1 Å². The maximum atomic E-state index is 13.8. The highest BCUT2D eigenvalue weighted by Gasteiger charge is 2.55. The molecule has 6 heteroatoms. The Labute approximate surface area is 105 Å². The maximum absolute atomic E-state index is 13.8. The number of amides is 1. The lowest BCUT2D eigenvalue weighted by molar-refractivity contribution is -0.164. The summed E-state index contributed by atoms with van der Waals surface area (Å²) in [5.74, 6) is -3.23. The zero-order valence-corrected chi connectivity index (χ0v) is 11.1. The van der Waals surface area contributed by atoms with Crippen molar-refractivity contribution >= 4 is 12.4 Å². The molecule has 104 valence electrons. The van der Waals surface area contributed by atoms with E-state index in [1.807, 2.05) is 0 Å². The summed E-state index contributed by atoms with van der Waals surface area (Å²) in [6, 6.07) is 0. The van der Waals surface area contributed by atoms with Gasteiger partial charge in [0.15, 0.2) is 0 Å². The van der Waals surface area contributed by atoms with Crippen molar-refractivity contribution in [3.8, 4) is 0 Å². The molecule has 0 N–H and O–H groups in total. The van der Waals surface area contributed by atoms with E-state index >= 15 is 0 Å². The second-order valence-corrected chi connectivity index (χ2v) is 5.89. The Morgan fingerprint density at radius 3 is 2.33 bits per heavy atom. The van der Waals surface area contributed by atoms with Crippen LogP contribution in [0, 0.1) is 5.41 Å². The van der Waals surface area contributed by atoms with Gasteiger partial charge < -0.3 is 14.4 Å². The van der Waals surface area contributed by atoms with E-state index in [-0.39, 0.29) is 19.3 Å². The van der Waals surface area contributed by atoms with Gasteiger partial charge in [0.25, 0.3) is 5.92 Å². The summed E-state index contributed by atoms with van der Waals surface area (Å²) in [7, 11) is 0. The van der Waals surface area contributed by atoms with E-state index in [4.69, 9.17) is 4.74 Å². The summed E-state index contributed by atoms with van der Waals surface area (Å²) >= 11 is 0. The highest BCUT2D eigenvalue weighted by atomic mass is 19.3. The van der Waals surface area contributed by atoms with Gasteiger partial charge in [0.05, 0.1) is 12.0 Å². The Bertz CT molecular complexity index is 352. The first-order valence-corrected chi connectivity index (χ1v) is 5.83. The summed E-state index contributed by atoms with van der Waals surface area (Å²) < 4.78 is 32.7. The van der Waals surface area contributed by atoms with Crippen molar-refractivity contribution < 1.29 is 23.1 Å². The largest absolute Gasteiger partial charge is 0.444 e. The van der Waals surface area contributed by atoms with Crippen LogP contribution in [0.4, 0.5) is 13.6 Å². The Balaban J connectivity index is 2.76. The zero-order chi connectivity index (χ0) is 14.2. The second kappa shape index (κ2) is 4.48. The van der Waals surface area contributed by atoms with Crippen molar-refractivity contribution in [1.82, 2.24) is 4.90 Å². The van der Waals surface area contributed by atoms with Gasteiger partial charge in [0.1, 0.15) is 11.9 Å². The molecule has 1 atom stereocenters. The molecule has 1 heterocycles. The third-order valence-electron chi connectivity index (χ3n) is 3.04. The van der Waals surface area contributed by atoms with Crippen molar-refractivity contribution in [2.75, 3.05) is 13.1 Å². The van der Waals surface area contributed by atoms with Crippen LogP contribution in [0.2, 0.25) is 0 Å². The minimum absolute atomic E-state index is 0.0667.